The maximum absolute atomic E-state index is 10.9. The zero-order valence-electron chi connectivity index (χ0n) is 10.4. The van der Waals surface area contributed by atoms with Crippen LogP contribution in [0.4, 0.5) is 0 Å². The summed E-state index contributed by atoms with van der Waals surface area (Å²) in [7, 11) is 0. The molecule has 0 saturated carbocycles. The van der Waals surface area contributed by atoms with Gasteiger partial charge in [0, 0.05) is 19.2 Å². The van der Waals surface area contributed by atoms with Crippen LogP contribution in [0.25, 0.3) is 0 Å². The number of aromatic carboxylic acids is 1. The molecule has 0 radical (unpaired) electrons. The number of carbonyl (C=O) groups is 1. The lowest BCUT2D eigenvalue weighted by Gasteiger charge is -2.13. The largest absolute Gasteiger partial charge is 0.491 e. The number of hydrogen-bond acceptors (Lipinski definition) is 4. The normalized spacial score (nSPS) is 12.1. The molecule has 0 aromatic heterocycles. The van der Waals surface area contributed by atoms with Gasteiger partial charge in [0.25, 0.3) is 0 Å². The van der Waals surface area contributed by atoms with E-state index >= 15 is 0 Å². The predicted molar refractivity (Wildman–Crippen MR) is 68.1 cm³/mol. The fourth-order valence-electron chi connectivity index (χ4n) is 1.53. The second-order valence-electron chi connectivity index (χ2n) is 4.02. The molecule has 0 amide bonds. The van der Waals surface area contributed by atoms with E-state index in [0.29, 0.717) is 25.3 Å². The SMILES string of the molecule is CC(CCO)NCCOc1ccccc1C(=O)O. The van der Waals surface area contributed by atoms with Crippen LogP contribution in [-0.4, -0.2) is 42.0 Å². The first kappa shape index (κ1) is 14.5. The quantitative estimate of drug-likeness (QED) is 0.605. The Labute approximate surface area is 106 Å². The average molecular weight is 253 g/mol. The zero-order chi connectivity index (χ0) is 13.4. The summed E-state index contributed by atoms with van der Waals surface area (Å²) in [5, 5.41) is 20.9. The molecule has 0 saturated heterocycles. The van der Waals surface area contributed by atoms with E-state index in [0.717, 1.165) is 0 Å². The van der Waals surface area contributed by atoms with Crippen LogP contribution < -0.4 is 10.1 Å². The molecule has 1 rings (SSSR count). The first-order chi connectivity index (χ1) is 8.65. The summed E-state index contributed by atoms with van der Waals surface area (Å²) in [6.07, 6.45) is 0.686. The van der Waals surface area contributed by atoms with Gasteiger partial charge in [-0.2, -0.15) is 0 Å². The highest BCUT2D eigenvalue weighted by molar-refractivity contribution is 5.90. The molecule has 1 unspecified atom stereocenters. The van der Waals surface area contributed by atoms with E-state index in [1.165, 1.54) is 6.07 Å². The van der Waals surface area contributed by atoms with Crippen molar-refractivity contribution in [2.24, 2.45) is 0 Å². The van der Waals surface area contributed by atoms with E-state index in [9.17, 15) is 4.79 Å². The summed E-state index contributed by atoms with van der Waals surface area (Å²) in [5.41, 5.74) is 0.168. The van der Waals surface area contributed by atoms with Gasteiger partial charge in [-0.3, -0.25) is 0 Å². The van der Waals surface area contributed by atoms with Crippen LogP contribution in [0.5, 0.6) is 5.75 Å². The Morgan fingerprint density at radius 1 is 1.44 bits per heavy atom. The van der Waals surface area contributed by atoms with Gasteiger partial charge in [-0.15, -0.1) is 0 Å². The third kappa shape index (κ3) is 4.73. The fourth-order valence-corrected chi connectivity index (χ4v) is 1.53. The molecule has 0 heterocycles. The number of rotatable bonds is 8. The molecule has 5 heteroatoms. The van der Waals surface area contributed by atoms with Crippen molar-refractivity contribution in [3.8, 4) is 5.75 Å². The third-order valence-corrected chi connectivity index (χ3v) is 2.53. The Morgan fingerprint density at radius 2 is 2.17 bits per heavy atom. The first-order valence-electron chi connectivity index (χ1n) is 5.94. The highest BCUT2D eigenvalue weighted by Crippen LogP contribution is 2.17. The molecule has 0 spiro atoms. The lowest BCUT2D eigenvalue weighted by Crippen LogP contribution is -2.31. The maximum Gasteiger partial charge on any atom is 0.339 e. The van der Waals surface area contributed by atoms with Crippen LogP contribution in [0.15, 0.2) is 24.3 Å². The summed E-state index contributed by atoms with van der Waals surface area (Å²) in [4.78, 5) is 10.9. The molecule has 1 atom stereocenters. The van der Waals surface area contributed by atoms with Crippen molar-refractivity contribution in [3.05, 3.63) is 29.8 Å². The van der Waals surface area contributed by atoms with Crippen LogP contribution in [-0.2, 0) is 0 Å². The number of para-hydroxylation sites is 1. The molecular formula is C13H19NO4. The van der Waals surface area contributed by atoms with E-state index in [4.69, 9.17) is 14.9 Å². The van der Waals surface area contributed by atoms with Crippen molar-refractivity contribution in [2.75, 3.05) is 19.8 Å². The fraction of sp³-hybridized carbons (Fsp3) is 0.462. The monoisotopic (exact) mass is 253 g/mol. The Kier molecular flexibility index (Phi) is 6.18. The van der Waals surface area contributed by atoms with Crippen molar-refractivity contribution in [1.82, 2.24) is 5.32 Å². The molecule has 1 aromatic carbocycles. The second-order valence-corrected chi connectivity index (χ2v) is 4.02. The number of ether oxygens (including phenoxy) is 1. The van der Waals surface area contributed by atoms with Crippen molar-refractivity contribution >= 4 is 5.97 Å². The number of carboxylic acid groups (broad SMARTS) is 1. The second kappa shape index (κ2) is 7.68. The van der Waals surface area contributed by atoms with Crippen LogP contribution in [0, 0.1) is 0 Å². The highest BCUT2D eigenvalue weighted by atomic mass is 16.5. The van der Waals surface area contributed by atoms with E-state index in [1.807, 2.05) is 6.92 Å². The van der Waals surface area contributed by atoms with Crippen molar-refractivity contribution in [2.45, 2.75) is 19.4 Å². The topological polar surface area (TPSA) is 78.8 Å². The molecule has 0 aliphatic heterocycles. The summed E-state index contributed by atoms with van der Waals surface area (Å²) < 4.78 is 5.42. The number of aliphatic hydroxyl groups excluding tert-OH is 1. The van der Waals surface area contributed by atoms with Crippen molar-refractivity contribution < 1.29 is 19.7 Å². The van der Waals surface area contributed by atoms with Gasteiger partial charge in [0.15, 0.2) is 0 Å². The first-order valence-corrected chi connectivity index (χ1v) is 5.94. The van der Waals surface area contributed by atoms with E-state index < -0.39 is 5.97 Å². The minimum absolute atomic E-state index is 0.150. The van der Waals surface area contributed by atoms with Crippen LogP contribution in [0.1, 0.15) is 23.7 Å². The molecule has 3 N–H and O–H groups in total. The van der Waals surface area contributed by atoms with Gasteiger partial charge >= 0.3 is 5.97 Å². The Morgan fingerprint density at radius 3 is 2.83 bits per heavy atom. The van der Waals surface area contributed by atoms with Gasteiger partial charge in [-0.05, 0) is 25.5 Å². The summed E-state index contributed by atoms with van der Waals surface area (Å²) >= 11 is 0. The smallest absolute Gasteiger partial charge is 0.339 e. The number of carboxylic acids is 1. The standard InChI is InChI=1S/C13H19NO4/c1-10(6-8-15)14-7-9-18-12-5-3-2-4-11(12)13(16)17/h2-5,10,14-15H,6-9H2,1H3,(H,16,17). The van der Waals surface area contributed by atoms with E-state index in [-0.39, 0.29) is 18.2 Å². The minimum Gasteiger partial charge on any atom is -0.491 e. The zero-order valence-corrected chi connectivity index (χ0v) is 10.4. The maximum atomic E-state index is 10.9. The van der Waals surface area contributed by atoms with Gasteiger partial charge in [-0.25, -0.2) is 4.79 Å². The van der Waals surface area contributed by atoms with Gasteiger partial charge in [0.2, 0.25) is 0 Å². The Hall–Kier alpha value is -1.59. The molecule has 0 fully saturated rings. The predicted octanol–water partition coefficient (Wildman–Crippen LogP) is 1.12. The number of benzene rings is 1. The van der Waals surface area contributed by atoms with E-state index in [2.05, 4.69) is 5.32 Å². The van der Waals surface area contributed by atoms with E-state index in [1.54, 1.807) is 18.2 Å². The number of aliphatic hydroxyl groups is 1. The van der Waals surface area contributed by atoms with Gasteiger partial charge in [-0.1, -0.05) is 12.1 Å². The van der Waals surface area contributed by atoms with Crippen LogP contribution >= 0.6 is 0 Å². The van der Waals surface area contributed by atoms with Crippen LogP contribution in [0.3, 0.4) is 0 Å². The summed E-state index contributed by atoms with van der Waals surface area (Å²) in [6, 6.07) is 6.77. The van der Waals surface area contributed by atoms with Crippen molar-refractivity contribution in [1.29, 1.82) is 0 Å². The van der Waals surface area contributed by atoms with Gasteiger partial charge < -0.3 is 20.3 Å². The minimum atomic E-state index is -0.993. The lowest BCUT2D eigenvalue weighted by molar-refractivity contribution is 0.0692. The molecule has 1 aromatic rings. The molecule has 5 nitrogen and oxygen atoms in total. The molecular weight excluding hydrogens is 234 g/mol. The van der Waals surface area contributed by atoms with Gasteiger partial charge in [0.05, 0.1) is 0 Å². The summed E-state index contributed by atoms with van der Waals surface area (Å²) in [5.74, 6) is -0.617. The van der Waals surface area contributed by atoms with Gasteiger partial charge in [0.1, 0.15) is 17.9 Å². The Bertz CT molecular complexity index is 381. The average Bonchev–Trinajstić information content (AvgIpc) is 2.35. The third-order valence-electron chi connectivity index (χ3n) is 2.53. The van der Waals surface area contributed by atoms with Crippen molar-refractivity contribution in [3.63, 3.8) is 0 Å². The Balaban J connectivity index is 2.37. The summed E-state index contributed by atoms with van der Waals surface area (Å²) in [6.45, 7) is 3.12. The van der Waals surface area contributed by atoms with Crippen LogP contribution in [0.2, 0.25) is 0 Å². The number of nitrogens with one attached hydrogen (secondary N) is 1. The molecule has 100 valence electrons. The highest BCUT2D eigenvalue weighted by Gasteiger charge is 2.09. The number of hydrogen-bond donors (Lipinski definition) is 3. The molecule has 0 bridgehead atoms. The molecule has 18 heavy (non-hydrogen) atoms. The molecule has 0 aliphatic rings. The molecule has 0 aliphatic carbocycles. The lowest BCUT2D eigenvalue weighted by atomic mass is 10.2.